The third kappa shape index (κ3) is 1.79. The summed E-state index contributed by atoms with van der Waals surface area (Å²) in [5, 5.41) is 2.44. The van der Waals surface area contributed by atoms with E-state index in [9.17, 15) is 9.59 Å². The van der Waals surface area contributed by atoms with Crippen LogP contribution >= 0.6 is 0 Å². The van der Waals surface area contributed by atoms with E-state index in [1.165, 1.54) is 17.8 Å². The fraction of sp³-hybridized carbons (Fsp3) is 0.182. The lowest BCUT2D eigenvalue weighted by Gasteiger charge is -2.00. The Morgan fingerprint density at radius 1 is 1.44 bits per heavy atom. The van der Waals surface area contributed by atoms with E-state index in [2.05, 4.69) is 9.79 Å². The van der Waals surface area contributed by atoms with Crippen molar-refractivity contribution in [3.05, 3.63) is 45.9 Å². The molecule has 0 bridgehead atoms. The van der Waals surface area contributed by atoms with Gasteiger partial charge in [-0.1, -0.05) is 0 Å². The normalized spacial score (nSPS) is 10.4. The van der Waals surface area contributed by atoms with Crippen LogP contribution in [-0.4, -0.2) is 11.1 Å². The van der Waals surface area contributed by atoms with Crippen molar-refractivity contribution in [1.29, 1.82) is 0 Å². The first-order chi connectivity index (χ1) is 7.58. The Bertz CT molecular complexity index is 595. The lowest BCUT2D eigenvalue weighted by molar-refractivity contribution is -0.670. The van der Waals surface area contributed by atoms with Gasteiger partial charge >= 0.3 is 5.63 Å². The average Bonchev–Trinajstić information content (AvgIpc) is 2.64. The number of aromatic amines is 1. The highest BCUT2D eigenvalue weighted by atomic mass is 16.5. The number of hydrogen-bond acceptors (Lipinski definition) is 3. The van der Waals surface area contributed by atoms with E-state index >= 15 is 0 Å². The van der Waals surface area contributed by atoms with Crippen LogP contribution in [0.5, 0.6) is 0 Å². The van der Waals surface area contributed by atoms with Gasteiger partial charge in [0.25, 0.3) is 6.20 Å². The third-order valence-electron chi connectivity index (χ3n) is 2.35. The molecule has 0 aliphatic carbocycles. The first-order valence-electron chi connectivity index (χ1n) is 4.80. The molecule has 0 amide bonds. The first kappa shape index (κ1) is 10.4. The maximum atomic E-state index is 11.2. The van der Waals surface area contributed by atoms with Gasteiger partial charge < -0.3 is 0 Å². The molecule has 0 saturated carbocycles. The number of aryl methyl sites for hydroxylation is 1. The second-order valence-corrected chi connectivity index (χ2v) is 3.57. The smallest absolute Gasteiger partial charge is 0.295 e. The van der Waals surface area contributed by atoms with E-state index in [0.29, 0.717) is 5.56 Å². The zero-order chi connectivity index (χ0) is 11.7. The summed E-state index contributed by atoms with van der Waals surface area (Å²) in [5.74, 6) is 0.0229. The highest BCUT2D eigenvalue weighted by molar-refractivity contribution is 5.95. The number of hydrogen-bond donors (Lipinski definition) is 1. The lowest BCUT2D eigenvalue weighted by Crippen LogP contribution is -2.32. The molecule has 0 spiro atoms. The highest BCUT2D eigenvalue weighted by Crippen LogP contribution is 2.11. The molecule has 1 aromatic carbocycles. The largest absolute Gasteiger partial charge is 0.427 e. The van der Waals surface area contributed by atoms with Crippen molar-refractivity contribution < 1.29 is 14.0 Å². The number of aromatic nitrogens is 2. The number of ketones is 1. The molecule has 5 heteroatoms. The van der Waals surface area contributed by atoms with Gasteiger partial charge in [-0.2, -0.15) is 0 Å². The molecule has 0 aliphatic rings. The van der Waals surface area contributed by atoms with Crippen LogP contribution in [0.3, 0.4) is 0 Å². The van der Waals surface area contributed by atoms with Gasteiger partial charge in [0.15, 0.2) is 5.78 Å². The molecule has 1 heterocycles. The van der Waals surface area contributed by atoms with Crippen LogP contribution in [0.25, 0.3) is 5.69 Å². The summed E-state index contributed by atoms with van der Waals surface area (Å²) >= 11 is 0. The van der Waals surface area contributed by atoms with E-state index in [4.69, 9.17) is 0 Å². The van der Waals surface area contributed by atoms with E-state index in [1.54, 1.807) is 12.1 Å². The molecule has 2 rings (SSSR count). The van der Waals surface area contributed by atoms with Gasteiger partial charge in [-0.15, -0.1) is 0 Å². The number of benzene rings is 1. The number of H-pyrrole nitrogens is 1. The average molecular weight is 219 g/mol. The number of nitrogens with one attached hydrogen (secondary N) is 1. The summed E-state index contributed by atoms with van der Waals surface area (Å²) < 4.78 is 6.01. The molecule has 0 aliphatic heterocycles. The Morgan fingerprint density at radius 2 is 2.19 bits per heavy atom. The van der Waals surface area contributed by atoms with Crippen LogP contribution < -0.4 is 10.3 Å². The Hall–Kier alpha value is -2.17. The van der Waals surface area contributed by atoms with Crippen LogP contribution in [0.1, 0.15) is 22.8 Å². The maximum Gasteiger partial charge on any atom is 0.427 e. The Kier molecular flexibility index (Phi) is 2.44. The summed E-state index contributed by atoms with van der Waals surface area (Å²) in [6, 6.07) is 5.28. The second-order valence-electron chi connectivity index (χ2n) is 3.57. The van der Waals surface area contributed by atoms with E-state index in [-0.39, 0.29) is 5.78 Å². The first-order valence-corrected chi connectivity index (χ1v) is 4.80. The number of nitrogens with zero attached hydrogens (tertiary/aromatic N) is 1. The maximum absolute atomic E-state index is 11.2. The molecule has 0 saturated heterocycles. The van der Waals surface area contributed by atoms with Crippen molar-refractivity contribution in [1.82, 2.24) is 5.27 Å². The van der Waals surface area contributed by atoms with Gasteiger partial charge in [0.05, 0.1) is 0 Å². The monoisotopic (exact) mass is 219 g/mol. The SMILES string of the molecule is CC(=O)c1ccc(-[n+]2cc(=O)o[nH]2)cc1C. The molecule has 0 unspecified atom stereocenters. The van der Waals surface area contributed by atoms with Crippen LogP contribution in [0, 0.1) is 6.92 Å². The van der Waals surface area contributed by atoms with E-state index in [1.807, 2.05) is 13.0 Å². The topological polar surface area (TPSA) is 66.9 Å². The summed E-state index contributed by atoms with van der Waals surface area (Å²) in [6.45, 7) is 3.37. The van der Waals surface area contributed by atoms with Crippen LogP contribution in [-0.2, 0) is 0 Å². The van der Waals surface area contributed by atoms with Gasteiger partial charge in [0.2, 0.25) is 5.69 Å². The molecular weight excluding hydrogens is 208 g/mol. The minimum absolute atomic E-state index is 0.0229. The third-order valence-corrected chi connectivity index (χ3v) is 2.35. The van der Waals surface area contributed by atoms with Crippen LogP contribution in [0.4, 0.5) is 0 Å². The predicted octanol–water partition coefficient (Wildman–Crippen LogP) is 0.756. The minimum Gasteiger partial charge on any atom is -0.295 e. The van der Waals surface area contributed by atoms with E-state index in [0.717, 1.165) is 11.3 Å². The summed E-state index contributed by atoms with van der Waals surface area (Å²) in [4.78, 5) is 22.1. The Morgan fingerprint density at radius 3 is 2.69 bits per heavy atom. The Balaban J connectivity index is 2.49. The predicted molar refractivity (Wildman–Crippen MR) is 55.6 cm³/mol. The van der Waals surface area contributed by atoms with Gasteiger partial charge in [0, 0.05) is 17.7 Å². The fourth-order valence-electron chi connectivity index (χ4n) is 1.57. The number of carbonyl (C=O) groups is 1. The minimum atomic E-state index is -0.451. The number of rotatable bonds is 2. The van der Waals surface area contributed by atoms with Crippen molar-refractivity contribution in [3.63, 3.8) is 0 Å². The summed E-state index contributed by atoms with van der Waals surface area (Å²) in [7, 11) is 0. The van der Waals surface area contributed by atoms with Gasteiger partial charge in [-0.05, 0) is 35.4 Å². The molecule has 82 valence electrons. The van der Waals surface area contributed by atoms with Crippen LogP contribution in [0.2, 0.25) is 0 Å². The highest BCUT2D eigenvalue weighted by Gasteiger charge is 2.13. The fourth-order valence-corrected chi connectivity index (χ4v) is 1.57. The van der Waals surface area contributed by atoms with Crippen molar-refractivity contribution in [2.24, 2.45) is 0 Å². The summed E-state index contributed by atoms with van der Waals surface area (Å²) in [6.07, 6.45) is 1.29. The second kappa shape index (κ2) is 3.77. The zero-order valence-corrected chi connectivity index (χ0v) is 8.98. The molecule has 2 aromatic rings. The number of Topliss-reactive ketones (excluding diaryl/α,β-unsaturated/α-hetero) is 1. The molecule has 0 atom stereocenters. The molecule has 1 N–H and O–H groups in total. The molecule has 1 aromatic heterocycles. The standard InChI is InChI=1S/C11H10N2O3/c1-7-5-9(3-4-10(7)8(2)14)13-6-11(15)16-12-13/h3-6H,1-2H3/p+1. The van der Waals surface area contributed by atoms with Crippen LogP contribution in [0.15, 0.2) is 33.7 Å². The van der Waals surface area contributed by atoms with Crippen molar-refractivity contribution in [2.75, 3.05) is 0 Å². The van der Waals surface area contributed by atoms with Gasteiger partial charge in [-0.25, -0.2) is 4.79 Å². The Labute approximate surface area is 91.3 Å². The van der Waals surface area contributed by atoms with E-state index < -0.39 is 5.63 Å². The molecule has 0 fully saturated rings. The molecular formula is C11H11N2O3+. The van der Waals surface area contributed by atoms with Crippen molar-refractivity contribution in [3.8, 4) is 5.69 Å². The lowest BCUT2D eigenvalue weighted by atomic mass is 10.1. The summed E-state index contributed by atoms with van der Waals surface area (Å²) in [5.41, 5.74) is 1.83. The van der Waals surface area contributed by atoms with Gasteiger partial charge in [-0.3, -0.25) is 9.32 Å². The quantitative estimate of drug-likeness (QED) is 0.598. The molecule has 16 heavy (non-hydrogen) atoms. The zero-order valence-electron chi connectivity index (χ0n) is 8.98. The number of carbonyl (C=O) groups excluding carboxylic acids is 1. The van der Waals surface area contributed by atoms with Crippen molar-refractivity contribution >= 4 is 5.78 Å². The van der Waals surface area contributed by atoms with Gasteiger partial charge in [0.1, 0.15) is 0 Å². The molecule has 0 radical (unpaired) electrons. The van der Waals surface area contributed by atoms with Crippen molar-refractivity contribution in [2.45, 2.75) is 13.8 Å². The molecule has 5 nitrogen and oxygen atoms in total.